The van der Waals surface area contributed by atoms with Crippen LogP contribution in [0.5, 0.6) is 0 Å². The molecule has 2 fully saturated rings. The average Bonchev–Trinajstić information content (AvgIpc) is 2.92. The van der Waals surface area contributed by atoms with E-state index in [2.05, 4.69) is 4.74 Å². The van der Waals surface area contributed by atoms with Crippen molar-refractivity contribution in [3.8, 4) is 0 Å². The number of fused-ring (bicyclic) bond motifs is 1. The Labute approximate surface area is 135 Å². The van der Waals surface area contributed by atoms with E-state index in [-0.39, 0.29) is 36.2 Å². The van der Waals surface area contributed by atoms with Gasteiger partial charge in [0.25, 0.3) is 0 Å². The molecule has 7 nitrogen and oxygen atoms in total. The van der Waals surface area contributed by atoms with Crippen molar-refractivity contribution < 1.29 is 28.7 Å². The van der Waals surface area contributed by atoms with Crippen LogP contribution in [0.4, 0.5) is 4.79 Å². The summed E-state index contributed by atoms with van der Waals surface area (Å²) in [5.74, 6) is -2.07. The first-order valence-electron chi connectivity index (χ1n) is 7.84. The lowest BCUT2D eigenvalue weighted by Gasteiger charge is -2.25. The predicted molar refractivity (Wildman–Crippen MR) is 79.5 cm³/mol. The van der Waals surface area contributed by atoms with Gasteiger partial charge in [0.05, 0.1) is 13.0 Å². The fourth-order valence-corrected chi connectivity index (χ4v) is 3.04. The van der Waals surface area contributed by atoms with Crippen molar-refractivity contribution in [1.82, 2.24) is 4.90 Å². The minimum Gasteiger partial charge on any atom is -0.460 e. The minimum atomic E-state index is -0.956. The largest absolute Gasteiger partial charge is 0.460 e. The third-order valence-electron chi connectivity index (χ3n) is 4.06. The summed E-state index contributed by atoms with van der Waals surface area (Å²) in [4.78, 5) is 48.4. The van der Waals surface area contributed by atoms with E-state index >= 15 is 0 Å². The topological polar surface area (TPSA) is 90.0 Å². The van der Waals surface area contributed by atoms with E-state index < -0.39 is 23.8 Å². The standard InChI is InChI=1S/C16H23NO6/c1-5-22-14(20)12(19)6-11(18)13-9-7-17(8-10(9)13)15(21)23-16(2,3)4/h9-10,13H,5-8H2,1-4H3/t9-,10+,13?. The Morgan fingerprint density at radius 1 is 1.09 bits per heavy atom. The SMILES string of the molecule is CCOC(=O)C(=O)CC(=O)C1[C@H]2CN(C(=O)OC(C)(C)C)C[C@@H]12. The van der Waals surface area contributed by atoms with Crippen molar-refractivity contribution in [1.29, 1.82) is 0 Å². The second kappa shape index (κ2) is 6.29. The maximum Gasteiger partial charge on any atom is 0.410 e. The van der Waals surface area contributed by atoms with E-state index in [4.69, 9.17) is 4.74 Å². The Hall–Kier alpha value is -1.92. The van der Waals surface area contributed by atoms with Crippen LogP contribution in [-0.4, -0.2) is 53.8 Å². The Balaban J connectivity index is 1.79. The van der Waals surface area contributed by atoms with Crippen molar-refractivity contribution in [2.75, 3.05) is 19.7 Å². The number of ketones is 2. The summed E-state index contributed by atoms with van der Waals surface area (Å²) < 4.78 is 9.88. The molecule has 128 valence electrons. The summed E-state index contributed by atoms with van der Waals surface area (Å²) in [7, 11) is 0. The Kier molecular flexibility index (Phi) is 4.77. The Morgan fingerprint density at radius 3 is 2.13 bits per heavy atom. The smallest absolute Gasteiger partial charge is 0.410 e. The first-order chi connectivity index (χ1) is 10.6. The second-order valence-electron chi connectivity index (χ2n) is 7.03. The molecule has 0 aromatic heterocycles. The van der Waals surface area contributed by atoms with Crippen molar-refractivity contribution in [2.24, 2.45) is 17.8 Å². The van der Waals surface area contributed by atoms with Crippen LogP contribution in [0, 0.1) is 17.8 Å². The molecule has 7 heteroatoms. The van der Waals surface area contributed by atoms with E-state index in [1.165, 1.54) is 0 Å². The number of piperidine rings is 1. The molecule has 0 N–H and O–H groups in total. The molecule has 1 aliphatic heterocycles. The summed E-state index contributed by atoms with van der Waals surface area (Å²) in [6.07, 6.45) is -0.790. The second-order valence-corrected chi connectivity index (χ2v) is 7.03. The first kappa shape index (κ1) is 17.4. The Morgan fingerprint density at radius 2 is 1.65 bits per heavy atom. The lowest BCUT2D eigenvalue weighted by Crippen LogP contribution is -2.37. The van der Waals surface area contributed by atoms with Gasteiger partial charge in [-0.3, -0.25) is 9.59 Å². The monoisotopic (exact) mass is 325 g/mol. The fraction of sp³-hybridized carbons (Fsp3) is 0.750. The summed E-state index contributed by atoms with van der Waals surface area (Å²) in [6.45, 7) is 8.04. The molecule has 3 atom stereocenters. The third-order valence-corrected chi connectivity index (χ3v) is 4.06. The zero-order valence-corrected chi connectivity index (χ0v) is 14.0. The maximum atomic E-state index is 12.1. The van der Waals surface area contributed by atoms with Gasteiger partial charge >= 0.3 is 12.1 Å². The molecule has 0 aromatic carbocycles. The number of hydrogen-bond donors (Lipinski definition) is 0. The quantitative estimate of drug-likeness (QED) is 0.428. The highest BCUT2D eigenvalue weighted by Crippen LogP contribution is 2.52. The summed E-state index contributed by atoms with van der Waals surface area (Å²) in [5.41, 5.74) is -0.550. The molecule has 1 heterocycles. The van der Waals surface area contributed by atoms with E-state index in [0.717, 1.165) is 0 Å². The summed E-state index contributed by atoms with van der Waals surface area (Å²) in [5, 5.41) is 0. The van der Waals surface area contributed by atoms with Crippen molar-refractivity contribution in [2.45, 2.75) is 39.7 Å². The number of amides is 1. The molecular weight excluding hydrogens is 302 g/mol. The predicted octanol–water partition coefficient (Wildman–Crippen LogP) is 1.19. The molecule has 1 unspecified atom stereocenters. The van der Waals surface area contributed by atoms with E-state index in [1.54, 1.807) is 32.6 Å². The lowest BCUT2D eigenvalue weighted by molar-refractivity contribution is -0.154. The molecule has 23 heavy (non-hydrogen) atoms. The van der Waals surface area contributed by atoms with Crippen LogP contribution < -0.4 is 0 Å². The number of esters is 1. The van der Waals surface area contributed by atoms with Crippen molar-refractivity contribution >= 4 is 23.6 Å². The van der Waals surface area contributed by atoms with Crippen molar-refractivity contribution in [3.63, 3.8) is 0 Å². The zero-order valence-electron chi connectivity index (χ0n) is 14.0. The van der Waals surface area contributed by atoms with Gasteiger partial charge in [0, 0.05) is 19.0 Å². The molecule has 0 spiro atoms. The van der Waals surface area contributed by atoms with Crippen LogP contribution in [0.15, 0.2) is 0 Å². The highest BCUT2D eigenvalue weighted by molar-refractivity contribution is 6.37. The molecule has 1 aliphatic carbocycles. The molecule has 0 aromatic rings. The van der Waals surface area contributed by atoms with Gasteiger partial charge in [-0.05, 0) is 39.5 Å². The maximum absolute atomic E-state index is 12.1. The van der Waals surface area contributed by atoms with Gasteiger partial charge in [-0.25, -0.2) is 9.59 Å². The highest BCUT2D eigenvalue weighted by atomic mass is 16.6. The van der Waals surface area contributed by atoms with Crippen LogP contribution in [-0.2, 0) is 23.9 Å². The van der Waals surface area contributed by atoms with Crippen LogP contribution >= 0.6 is 0 Å². The number of carbonyl (C=O) groups excluding carboxylic acids is 4. The molecular formula is C16H23NO6. The number of rotatable bonds is 5. The van der Waals surface area contributed by atoms with Gasteiger partial charge in [0.2, 0.25) is 5.78 Å². The molecule has 1 saturated carbocycles. The van der Waals surface area contributed by atoms with Crippen LogP contribution in [0.1, 0.15) is 34.1 Å². The molecule has 2 aliphatic rings. The molecule has 2 rings (SSSR count). The number of likely N-dealkylation sites (tertiary alicyclic amines) is 1. The fourth-order valence-electron chi connectivity index (χ4n) is 3.04. The van der Waals surface area contributed by atoms with Gasteiger partial charge in [-0.15, -0.1) is 0 Å². The molecule has 1 saturated heterocycles. The number of Topliss-reactive ketones (excluding diaryl/α,β-unsaturated/α-hetero) is 2. The minimum absolute atomic E-state index is 0.0741. The normalized spacial score (nSPS) is 25.6. The number of nitrogens with zero attached hydrogens (tertiary/aromatic N) is 1. The lowest BCUT2D eigenvalue weighted by atomic mass is 10.1. The van der Waals surface area contributed by atoms with Crippen LogP contribution in [0.3, 0.4) is 0 Å². The third kappa shape index (κ3) is 4.09. The number of ether oxygens (including phenoxy) is 2. The van der Waals surface area contributed by atoms with E-state index in [9.17, 15) is 19.2 Å². The van der Waals surface area contributed by atoms with Gasteiger partial charge in [-0.2, -0.15) is 0 Å². The first-order valence-corrected chi connectivity index (χ1v) is 7.84. The molecule has 0 radical (unpaired) electrons. The zero-order chi connectivity index (χ0) is 17.4. The van der Waals surface area contributed by atoms with Gasteiger partial charge in [-0.1, -0.05) is 0 Å². The number of hydrogen-bond acceptors (Lipinski definition) is 6. The summed E-state index contributed by atoms with van der Waals surface area (Å²) in [6, 6.07) is 0. The van der Waals surface area contributed by atoms with Crippen LogP contribution in [0.25, 0.3) is 0 Å². The molecule has 0 bridgehead atoms. The van der Waals surface area contributed by atoms with Gasteiger partial charge in [0.1, 0.15) is 11.4 Å². The molecule has 1 amide bonds. The average molecular weight is 325 g/mol. The van der Waals surface area contributed by atoms with Gasteiger partial charge in [0.15, 0.2) is 0 Å². The van der Waals surface area contributed by atoms with Crippen molar-refractivity contribution in [3.05, 3.63) is 0 Å². The van der Waals surface area contributed by atoms with E-state index in [0.29, 0.717) is 13.1 Å². The van der Waals surface area contributed by atoms with E-state index in [1.807, 2.05) is 0 Å². The highest BCUT2D eigenvalue weighted by Gasteiger charge is 2.60. The number of carbonyl (C=O) groups is 4. The van der Waals surface area contributed by atoms with Gasteiger partial charge < -0.3 is 14.4 Å². The Bertz CT molecular complexity index is 523. The summed E-state index contributed by atoms with van der Waals surface area (Å²) >= 11 is 0. The van der Waals surface area contributed by atoms with Crippen LogP contribution in [0.2, 0.25) is 0 Å².